The zero-order valence-corrected chi connectivity index (χ0v) is 11.5. The Morgan fingerprint density at radius 1 is 1.00 bits per heavy atom. The monoisotopic (exact) mass is 255 g/mol. The zero-order valence-electron chi connectivity index (χ0n) is 11.5. The normalized spacial score (nSPS) is 13.8. The highest BCUT2D eigenvalue weighted by Crippen LogP contribution is 2.24. The zero-order chi connectivity index (χ0) is 13.7. The third kappa shape index (κ3) is 3.58. The minimum Gasteiger partial charge on any atom is -0.497 e. The van der Waals surface area contributed by atoms with Crippen molar-refractivity contribution < 1.29 is 4.74 Å². The molecule has 0 aromatic heterocycles. The summed E-state index contributed by atoms with van der Waals surface area (Å²) < 4.78 is 5.18. The predicted molar refractivity (Wildman–Crippen MR) is 79.5 cm³/mol. The molecular weight excluding hydrogens is 234 g/mol. The van der Waals surface area contributed by atoms with E-state index in [2.05, 4.69) is 43.3 Å². The van der Waals surface area contributed by atoms with E-state index in [1.165, 1.54) is 11.1 Å². The van der Waals surface area contributed by atoms with Crippen molar-refractivity contribution in [3.8, 4) is 5.75 Å². The number of methoxy groups -OCH3 is 1. The van der Waals surface area contributed by atoms with Gasteiger partial charge in [0.2, 0.25) is 0 Å². The summed E-state index contributed by atoms with van der Waals surface area (Å²) in [5, 5.41) is 0. The molecule has 0 aliphatic rings. The van der Waals surface area contributed by atoms with Crippen molar-refractivity contribution in [3.63, 3.8) is 0 Å². The molecule has 0 aliphatic carbocycles. The molecule has 100 valence electrons. The molecule has 0 amide bonds. The summed E-state index contributed by atoms with van der Waals surface area (Å²) in [6.45, 7) is 2.07. The van der Waals surface area contributed by atoms with Crippen molar-refractivity contribution in [2.75, 3.05) is 7.11 Å². The minimum atomic E-state index is 0.129. The summed E-state index contributed by atoms with van der Waals surface area (Å²) in [5.41, 5.74) is 8.73. The van der Waals surface area contributed by atoms with Gasteiger partial charge in [-0.25, -0.2) is 0 Å². The molecule has 2 aromatic rings. The smallest absolute Gasteiger partial charge is 0.118 e. The van der Waals surface area contributed by atoms with Gasteiger partial charge in [0.25, 0.3) is 0 Å². The molecule has 0 fully saturated rings. The van der Waals surface area contributed by atoms with Gasteiger partial charge in [0.15, 0.2) is 0 Å². The van der Waals surface area contributed by atoms with Crippen molar-refractivity contribution in [2.24, 2.45) is 5.73 Å². The van der Waals surface area contributed by atoms with Gasteiger partial charge in [-0.2, -0.15) is 0 Å². The molecule has 0 aliphatic heterocycles. The molecule has 2 aromatic carbocycles. The molecule has 2 nitrogen and oxygen atoms in total. The molecule has 19 heavy (non-hydrogen) atoms. The van der Waals surface area contributed by atoms with Gasteiger partial charge >= 0.3 is 0 Å². The SMILES string of the molecule is COc1ccc(CC(c2ccccc2)C(C)N)cc1. The molecule has 0 radical (unpaired) electrons. The van der Waals surface area contributed by atoms with E-state index in [4.69, 9.17) is 10.5 Å². The molecule has 0 saturated carbocycles. The molecule has 0 saturated heterocycles. The highest BCUT2D eigenvalue weighted by molar-refractivity contribution is 5.30. The predicted octanol–water partition coefficient (Wildman–Crippen LogP) is 3.37. The Morgan fingerprint density at radius 2 is 1.63 bits per heavy atom. The average molecular weight is 255 g/mol. The fraction of sp³-hybridized carbons (Fsp3) is 0.294. The molecule has 2 rings (SSSR count). The van der Waals surface area contributed by atoms with Crippen molar-refractivity contribution in [1.29, 1.82) is 0 Å². The van der Waals surface area contributed by atoms with Crippen LogP contribution >= 0.6 is 0 Å². The van der Waals surface area contributed by atoms with Crippen LogP contribution in [0.5, 0.6) is 5.75 Å². The van der Waals surface area contributed by atoms with E-state index < -0.39 is 0 Å². The summed E-state index contributed by atoms with van der Waals surface area (Å²) in [7, 11) is 1.68. The van der Waals surface area contributed by atoms with Crippen molar-refractivity contribution in [1.82, 2.24) is 0 Å². The number of hydrogen-bond acceptors (Lipinski definition) is 2. The minimum absolute atomic E-state index is 0.129. The van der Waals surface area contributed by atoms with E-state index in [-0.39, 0.29) is 6.04 Å². The van der Waals surface area contributed by atoms with Crippen LogP contribution in [0.15, 0.2) is 54.6 Å². The van der Waals surface area contributed by atoms with Gasteiger partial charge in [0.1, 0.15) is 5.75 Å². The van der Waals surface area contributed by atoms with Gasteiger partial charge < -0.3 is 10.5 Å². The van der Waals surface area contributed by atoms with E-state index in [1.807, 2.05) is 18.2 Å². The quantitative estimate of drug-likeness (QED) is 0.889. The molecule has 0 bridgehead atoms. The molecule has 2 atom stereocenters. The Hall–Kier alpha value is -1.80. The van der Waals surface area contributed by atoms with Crippen molar-refractivity contribution >= 4 is 0 Å². The Bertz CT molecular complexity index is 490. The second kappa shape index (κ2) is 6.39. The largest absolute Gasteiger partial charge is 0.497 e. The maximum atomic E-state index is 6.15. The maximum absolute atomic E-state index is 6.15. The van der Waals surface area contributed by atoms with E-state index in [1.54, 1.807) is 7.11 Å². The Labute approximate surface area is 115 Å². The molecular formula is C17H21NO. The van der Waals surface area contributed by atoms with Gasteiger partial charge in [-0.1, -0.05) is 42.5 Å². The van der Waals surface area contributed by atoms with Crippen LogP contribution in [0.3, 0.4) is 0 Å². The molecule has 2 N–H and O–H groups in total. The summed E-state index contributed by atoms with van der Waals surface area (Å²) in [4.78, 5) is 0. The number of benzene rings is 2. The first kappa shape index (κ1) is 13.6. The van der Waals surface area contributed by atoms with Crippen LogP contribution in [0.4, 0.5) is 0 Å². The molecule has 2 heteroatoms. The topological polar surface area (TPSA) is 35.2 Å². The van der Waals surface area contributed by atoms with Crippen LogP contribution in [-0.4, -0.2) is 13.2 Å². The van der Waals surface area contributed by atoms with E-state index >= 15 is 0 Å². The Kier molecular flexibility index (Phi) is 4.58. The van der Waals surface area contributed by atoms with Gasteiger partial charge in [0, 0.05) is 12.0 Å². The summed E-state index contributed by atoms with van der Waals surface area (Å²) in [6.07, 6.45) is 0.950. The van der Waals surface area contributed by atoms with E-state index in [0.717, 1.165) is 12.2 Å². The maximum Gasteiger partial charge on any atom is 0.118 e. The summed E-state index contributed by atoms with van der Waals surface area (Å²) in [5.74, 6) is 1.23. The van der Waals surface area contributed by atoms with E-state index in [0.29, 0.717) is 5.92 Å². The Balaban J connectivity index is 2.17. The van der Waals surface area contributed by atoms with Gasteiger partial charge in [-0.3, -0.25) is 0 Å². The fourth-order valence-electron chi connectivity index (χ4n) is 2.32. The van der Waals surface area contributed by atoms with E-state index in [9.17, 15) is 0 Å². The number of hydrogen-bond donors (Lipinski definition) is 1. The fourth-order valence-corrected chi connectivity index (χ4v) is 2.32. The highest BCUT2D eigenvalue weighted by atomic mass is 16.5. The lowest BCUT2D eigenvalue weighted by atomic mass is 9.87. The first-order valence-corrected chi connectivity index (χ1v) is 6.64. The summed E-state index contributed by atoms with van der Waals surface area (Å²) >= 11 is 0. The third-order valence-electron chi connectivity index (χ3n) is 3.48. The van der Waals surface area contributed by atoms with Crippen LogP contribution in [-0.2, 0) is 6.42 Å². The first-order chi connectivity index (χ1) is 9.20. The lowest BCUT2D eigenvalue weighted by Gasteiger charge is -2.21. The van der Waals surface area contributed by atoms with Gasteiger partial charge in [0.05, 0.1) is 7.11 Å². The molecule has 2 unspecified atom stereocenters. The van der Waals surface area contributed by atoms with Crippen molar-refractivity contribution in [3.05, 3.63) is 65.7 Å². The average Bonchev–Trinajstić information content (AvgIpc) is 2.46. The number of rotatable bonds is 5. The van der Waals surface area contributed by atoms with Crippen LogP contribution in [0.2, 0.25) is 0 Å². The lowest BCUT2D eigenvalue weighted by molar-refractivity contribution is 0.414. The summed E-state index contributed by atoms with van der Waals surface area (Å²) in [6, 6.07) is 18.8. The van der Waals surface area contributed by atoms with Crippen molar-refractivity contribution in [2.45, 2.75) is 25.3 Å². The van der Waals surface area contributed by atoms with Gasteiger partial charge in [-0.15, -0.1) is 0 Å². The number of nitrogens with two attached hydrogens (primary N) is 1. The van der Waals surface area contributed by atoms with Gasteiger partial charge in [-0.05, 0) is 36.6 Å². The van der Waals surface area contributed by atoms with Crippen LogP contribution in [0.1, 0.15) is 24.0 Å². The second-order valence-corrected chi connectivity index (χ2v) is 4.93. The lowest BCUT2D eigenvalue weighted by Crippen LogP contribution is -2.26. The van der Waals surface area contributed by atoms with Crippen LogP contribution in [0, 0.1) is 0 Å². The molecule has 0 heterocycles. The van der Waals surface area contributed by atoms with Crippen LogP contribution in [0.25, 0.3) is 0 Å². The standard InChI is InChI=1S/C17H21NO/c1-13(18)17(15-6-4-3-5-7-15)12-14-8-10-16(19-2)11-9-14/h3-11,13,17H,12,18H2,1-2H3. The number of ether oxygens (including phenoxy) is 1. The highest BCUT2D eigenvalue weighted by Gasteiger charge is 2.16. The van der Waals surface area contributed by atoms with Crippen LogP contribution < -0.4 is 10.5 Å². The third-order valence-corrected chi connectivity index (χ3v) is 3.48. The molecule has 0 spiro atoms. The second-order valence-electron chi connectivity index (χ2n) is 4.93. The Morgan fingerprint density at radius 3 is 2.16 bits per heavy atom. The first-order valence-electron chi connectivity index (χ1n) is 6.64.